The van der Waals surface area contributed by atoms with Crippen LogP contribution < -0.4 is 4.74 Å². The zero-order valence-electron chi connectivity index (χ0n) is 16.7. The number of imide groups is 1. The van der Waals surface area contributed by atoms with E-state index in [1.807, 2.05) is 56.3 Å². The van der Waals surface area contributed by atoms with Crippen LogP contribution in [-0.2, 0) is 11.2 Å². The molecule has 1 N–H and O–H groups in total. The van der Waals surface area contributed by atoms with Gasteiger partial charge in [0.15, 0.2) is 0 Å². The number of H-pyrrole nitrogens is 1. The van der Waals surface area contributed by atoms with E-state index in [2.05, 4.69) is 11.1 Å². The van der Waals surface area contributed by atoms with Gasteiger partial charge in [-0.15, -0.1) is 0 Å². The van der Waals surface area contributed by atoms with Crippen LogP contribution in [0.3, 0.4) is 0 Å². The molecule has 2 unspecified atom stereocenters. The van der Waals surface area contributed by atoms with Crippen molar-refractivity contribution in [3.8, 4) is 5.75 Å². The first-order valence-corrected chi connectivity index (χ1v) is 9.90. The lowest BCUT2D eigenvalue weighted by Crippen LogP contribution is -2.44. The monoisotopic (exact) mass is 389 g/mol. The molecule has 0 bridgehead atoms. The lowest BCUT2D eigenvalue weighted by atomic mass is 9.89. The molecule has 6 nitrogen and oxygen atoms in total. The van der Waals surface area contributed by atoms with Gasteiger partial charge in [0, 0.05) is 29.1 Å². The summed E-state index contributed by atoms with van der Waals surface area (Å²) < 4.78 is 5.42. The molecule has 1 fully saturated rings. The number of rotatable bonds is 3. The van der Waals surface area contributed by atoms with Crippen molar-refractivity contribution in [3.63, 3.8) is 0 Å². The Kier molecular flexibility index (Phi) is 3.91. The number of benzene rings is 2. The highest BCUT2D eigenvalue weighted by Gasteiger charge is 2.53. The number of nitrogens with one attached hydrogen (secondary N) is 1. The number of carbonyl (C=O) groups excluding carboxylic acids is 2. The maximum Gasteiger partial charge on any atom is 0.328 e. The summed E-state index contributed by atoms with van der Waals surface area (Å²) in [5.41, 5.74) is 4.03. The van der Waals surface area contributed by atoms with Crippen LogP contribution in [0.5, 0.6) is 5.75 Å². The number of amides is 3. The number of hydrogen-bond acceptors (Lipinski definition) is 3. The Labute approximate surface area is 169 Å². The molecule has 0 aliphatic carbocycles. The molecule has 2 atom stereocenters. The van der Waals surface area contributed by atoms with E-state index in [1.165, 1.54) is 4.90 Å². The average molecular weight is 389 g/mol. The second kappa shape index (κ2) is 6.37. The lowest BCUT2D eigenvalue weighted by Gasteiger charge is -2.36. The first kappa shape index (κ1) is 17.8. The summed E-state index contributed by atoms with van der Waals surface area (Å²) in [6.45, 7) is 3.76. The highest BCUT2D eigenvalue weighted by Crippen LogP contribution is 2.44. The number of fused-ring (bicyclic) bond motifs is 4. The number of aromatic amines is 1. The zero-order valence-corrected chi connectivity index (χ0v) is 16.7. The van der Waals surface area contributed by atoms with Gasteiger partial charge < -0.3 is 9.72 Å². The predicted molar refractivity (Wildman–Crippen MR) is 110 cm³/mol. The van der Waals surface area contributed by atoms with E-state index in [4.69, 9.17) is 4.74 Å². The summed E-state index contributed by atoms with van der Waals surface area (Å²) in [7, 11) is 1.63. The van der Waals surface area contributed by atoms with Gasteiger partial charge in [-0.2, -0.15) is 0 Å². The predicted octanol–water partition coefficient (Wildman–Crippen LogP) is 3.86. The van der Waals surface area contributed by atoms with Gasteiger partial charge >= 0.3 is 6.03 Å². The van der Waals surface area contributed by atoms with Crippen LogP contribution in [0, 0.1) is 0 Å². The van der Waals surface area contributed by atoms with Gasteiger partial charge in [0.25, 0.3) is 5.91 Å². The van der Waals surface area contributed by atoms with Gasteiger partial charge in [-0.25, -0.2) is 4.79 Å². The Morgan fingerprint density at radius 1 is 1.10 bits per heavy atom. The maximum atomic E-state index is 13.3. The van der Waals surface area contributed by atoms with Gasteiger partial charge in [0.1, 0.15) is 17.8 Å². The zero-order chi connectivity index (χ0) is 20.3. The van der Waals surface area contributed by atoms with Crippen LogP contribution in [-0.4, -0.2) is 45.9 Å². The van der Waals surface area contributed by atoms with Crippen molar-refractivity contribution in [2.45, 2.75) is 38.4 Å². The molecule has 148 valence electrons. The van der Waals surface area contributed by atoms with Crippen LogP contribution in [0.25, 0.3) is 10.9 Å². The minimum Gasteiger partial charge on any atom is -0.497 e. The van der Waals surface area contributed by atoms with Crippen molar-refractivity contribution in [2.75, 3.05) is 7.11 Å². The molecule has 3 aromatic rings. The topological polar surface area (TPSA) is 65.6 Å². The highest BCUT2D eigenvalue weighted by molar-refractivity contribution is 6.06. The van der Waals surface area contributed by atoms with Crippen molar-refractivity contribution in [1.82, 2.24) is 14.8 Å². The lowest BCUT2D eigenvalue weighted by molar-refractivity contribution is -0.129. The van der Waals surface area contributed by atoms with Gasteiger partial charge in [-0.3, -0.25) is 14.6 Å². The molecule has 3 amide bonds. The largest absolute Gasteiger partial charge is 0.497 e. The third kappa shape index (κ3) is 2.48. The van der Waals surface area contributed by atoms with Crippen LogP contribution in [0.1, 0.15) is 36.7 Å². The van der Waals surface area contributed by atoms with E-state index in [-0.39, 0.29) is 24.0 Å². The fourth-order valence-corrected chi connectivity index (χ4v) is 4.73. The summed E-state index contributed by atoms with van der Waals surface area (Å²) in [5, 5.41) is 1.11. The standard InChI is InChI=1S/C23H23N3O3/c1-13(2)25-22(27)19-12-17-16-9-4-5-10-18(16)24-20(17)21(26(19)23(25)28)14-7-6-8-15(11-14)29-3/h4-11,13,19,21,24H,12H2,1-3H3. The molecule has 1 aromatic heterocycles. The van der Waals surface area contributed by atoms with Crippen LogP contribution in [0.15, 0.2) is 48.5 Å². The third-order valence-electron chi connectivity index (χ3n) is 6.01. The van der Waals surface area contributed by atoms with E-state index in [0.717, 1.165) is 33.5 Å². The van der Waals surface area contributed by atoms with Crippen molar-refractivity contribution in [3.05, 3.63) is 65.4 Å². The highest BCUT2D eigenvalue weighted by atomic mass is 16.5. The number of para-hydroxylation sites is 1. The second-order valence-electron chi connectivity index (χ2n) is 7.95. The molecule has 0 spiro atoms. The summed E-state index contributed by atoms with van der Waals surface area (Å²) in [4.78, 5) is 33.2. The van der Waals surface area contributed by atoms with Gasteiger partial charge in [0.05, 0.1) is 7.11 Å². The van der Waals surface area contributed by atoms with Crippen molar-refractivity contribution in [1.29, 1.82) is 0 Å². The molecule has 0 saturated carbocycles. The smallest absolute Gasteiger partial charge is 0.328 e. The summed E-state index contributed by atoms with van der Waals surface area (Å²) in [6.07, 6.45) is 0.521. The van der Waals surface area contributed by atoms with Gasteiger partial charge in [0.2, 0.25) is 0 Å². The Morgan fingerprint density at radius 3 is 2.66 bits per heavy atom. The average Bonchev–Trinajstić information content (AvgIpc) is 3.21. The SMILES string of the molecule is COc1cccc(C2c3[nH]c4ccccc4c3CC3C(=O)N(C(C)C)C(=O)N32)c1. The molecule has 6 heteroatoms. The molecule has 29 heavy (non-hydrogen) atoms. The number of urea groups is 1. The molecular weight excluding hydrogens is 366 g/mol. The minimum atomic E-state index is -0.493. The Hall–Kier alpha value is -3.28. The van der Waals surface area contributed by atoms with E-state index < -0.39 is 6.04 Å². The number of ether oxygens (including phenoxy) is 1. The third-order valence-corrected chi connectivity index (χ3v) is 6.01. The van der Waals surface area contributed by atoms with Crippen molar-refractivity contribution >= 4 is 22.8 Å². The van der Waals surface area contributed by atoms with Gasteiger partial charge in [-0.05, 0) is 43.2 Å². The molecule has 0 radical (unpaired) electrons. The first-order chi connectivity index (χ1) is 14.0. The molecule has 1 saturated heterocycles. The summed E-state index contributed by atoms with van der Waals surface area (Å²) >= 11 is 0. The van der Waals surface area contributed by atoms with Crippen LogP contribution in [0.2, 0.25) is 0 Å². The minimum absolute atomic E-state index is 0.117. The van der Waals surface area contributed by atoms with Crippen molar-refractivity contribution in [2.24, 2.45) is 0 Å². The van der Waals surface area contributed by atoms with E-state index >= 15 is 0 Å². The van der Waals surface area contributed by atoms with E-state index in [9.17, 15) is 9.59 Å². The molecule has 2 aromatic carbocycles. The van der Waals surface area contributed by atoms with Gasteiger partial charge in [-0.1, -0.05) is 30.3 Å². The molecular formula is C23H23N3O3. The van der Waals surface area contributed by atoms with E-state index in [1.54, 1.807) is 12.0 Å². The van der Waals surface area contributed by atoms with Crippen LogP contribution in [0.4, 0.5) is 4.79 Å². The van der Waals surface area contributed by atoms with E-state index in [0.29, 0.717) is 6.42 Å². The second-order valence-corrected chi connectivity index (χ2v) is 7.95. The van der Waals surface area contributed by atoms with Crippen LogP contribution >= 0.6 is 0 Å². The number of nitrogens with zero attached hydrogens (tertiary/aromatic N) is 2. The maximum absolute atomic E-state index is 13.3. The quantitative estimate of drug-likeness (QED) is 0.692. The fraction of sp³-hybridized carbons (Fsp3) is 0.304. The molecule has 5 rings (SSSR count). The number of methoxy groups -OCH3 is 1. The Morgan fingerprint density at radius 2 is 1.90 bits per heavy atom. The Bertz CT molecular complexity index is 1130. The first-order valence-electron chi connectivity index (χ1n) is 9.90. The molecule has 3 heterocycles. The summed E-state index contributed by atoms with van der Waals surface area (Å²) in [6, 6.07) is 14.6. The van der Waals surface area contributed by atoms with Crippen molar-refractivity contribution < 1.29 is 14.3 Å². The normalized spacial score (nSPS) is 21.1. The number of hydrogen-bond donors (Lipinski definition) is 1. The fourth-order valence-electron chi connectivity index (χ4n) is 4.73. The molecule has 2 aliphatic heterocycles. The number of aromatic nitrogens is 1. The number of carbonyl (C=O) groups is 2. The summed E-state index contributed by atoms with van der Waals surface area (Å²) in [5.74, 6) is 0.606. The Balaban J connectivity index is 1.75. The molecule has 2 aliphatic rings.